The zero-order chi connectivity index (χ0) is 15.7. The first-order chi connectivity index (χ1) is 10.6. The van der Waals surface area contributed by atoms with Crippen molar-refractivity contribution in [1.82, 2.24) is 0 Å². The number of aliphatic hydroxyl groups is 1. The maximum atomic E-state index is 12.3. The number of para-hydroxylation sites is 1. The number of hydrogen-bond donors (Lipinski definition) is 2. The molecule has 2 N–H and O–H groups in total. The molecule has 0 radical (unpaired) electrons. The number of methoxy groups -OCH3 is 2. The Morgan fingerprint density at radius 2 is 1.77 bits per heavy atom. The summed E-state index contributed by atoms with van der Waals surface area (Å²) in [5.41, 5.74) is 0.202. The molecule has 2 atom stereocenters. The molecule has 5 nitrogen and oxygen atoms in total. The van der Waals surface area contributed by atoms with E-state index in [9.17, 15) is 9.90 Å². The molecule has 0 aromatic heterocycles. The average molecular weight is 299 g/mol. The lowest BCUT2D eigenvalue weighted by Gasteiger charge is -2.40. The second-order valence-corrected chi connectivity index (χ2v) is 5.15. The van der Waals surface area contributed by atoms with E-state index in [0.717, 1.165) is 0 Å². The van der Waals surface area contributed by atoms with Crippen molar-refractivity contribution in [3.63, 3.8) is 0 Å². The first-order valence-electron chi connectivity index (χ1n) is 6.91. The molecular weight excluding hydrogens is 282 g/mol. The quantitative estimate of drug-likeness (QED) is 0.908. The van der Waals surface area contributed by atoms with Gasteiger partial charge in [-0.2, -0.15) is 0 Å². The van der Waals surface area contributed by atoms with Crippen LogP contribution in [0.25, 0.3) is 0 Å². The van der Waals surface area contributed by atoms with Crippen molar-refractivity contribution in [2.45, 2.75) is 11.7 Å². The standard InChI is InChI=1S/C17H17NO4/c1-21-12-9-7-11(8-10-12)17(20)13-5-3-4-6-14(13)18-16(19)15(17)22-2/h3-10,15,20H,1-2H3,(H,18,19)/t15-,17-/m0/s1. The minimum atomic E-state index is -1.56. The Bertz CT molecular complexity index is 698. The van der Waals surface area contributed by atoms with Gasteiger partial charge in [0.2, 0.25) is 0 Å². The van der Waals surface area contributed by atoms with Gasteiger partial charge in [0.25, 0.3) is 5.91 Å². The van der Waals surface area contributed by atoms with Crippen LogP contribution in [0.5, 0.6) is 5.75 Å². The molecule has 3 rings (SSSR count). The van der Waals surface area contributed by atoms with Gasteiger partial charge in [-0.3, -0.25) is 4.79 Å². The number of rotatable bonds is 3. The van der Waals surface area contributed by atoms with E-state index in [1.807, 2.05) is 6.07 Å². The summed E-state index contributed by atoms with van der Waals surface area (Å²) in [6.45, 7) is 0. The monoisotopic (exact) mass is 299 g/mol. The van der Waals surface area contributed by atoms with E-state index in [2.05, 4.69) is 5.32 Å². The lowest BCUT2D eigenvalue weighted by Crippen LogP contribution is -2.52. The molecule has 0 aliphatic carbocycles. The highest BCUT2D eigenvalue weighted by molar-refractivity contribution is 5.99. The van der Waals surface area contributed by atoms with Crippen molar-refractivity contribution in [3.05, 3.63) is 59.7 Å². The largest absolute Gasteiger partial charge is 0.497 e. The van der Waals surface area contributed by atoms with Crippen LogP contribution in [-0.2, 0) is 15.1 Å². The number of ether oxygens (including phenoxy) is 2. The van der Waals surface area contributed by atoms with E-state index in [1.165, 1.54) is 7.11 Å². The molecule has 22 heavy (non-hydrogen) atoms. The van der Waals surface area contributed by atoms with E-state index < -0.39 is 11.7 Å². The first kappa shape index (κ1) is 14.6. The van der Waals surface area contributed by atoms with Crippen LogP contribution < -0.4 is 10.1 Å². The number of anilines is 1. The van der Waals surface area contributed by atoms with Crippen LogP contribution in [0.3, 0.4) is 0 Å². The summed E-state index contributed by atoms with van der Waals surface area (Å²) in [5, 5.41) is 14.1. The third kappa shape index (κ3) is 2.06. The molecule has 0 saturated carbocycles. The van der Waals surface area contributed by atoms with E-state index in [1.54, 1.807) is 49.6 Å². The molecule has 0 saturated heterocycles. The SMILES string of the molecule is COc1ccc([C@]2(O)c3ccccc3NC(=O)[C@@H]2OC)cc1. The Morgan fingerprint density at radius 1 is 1.09 bits per heavy atom. The Labute approximate surface area is 128 Å². The van der Waals surface area contributed by atoms with Gasteiger partial charge in [0.1, 0.15) is 5.75 Å². The molecule has 1 heterocycles. The van der Waals surface area contributed by atoms with E-state index in [0.29, 0.717) is 22.6 Å². The lowest BCUT2D eigenvalue weighted by molar-refractivity contribution is -0.142. The Kier molecular flexibility index (Phi) is 3.60. The maximum Gasteiger partial charge on any atom is 0.257 e. The van der Waals surface area contributed by atoms with Crippen LogP contribution in [0.4, 0.5) is 5.69 Å². The number of benzene rings is 2. The molecule has 1 amide bonds. The van der Waals surface area contributed by atoms with Gasteiger partial charge in [-0.25, -0.2) is 0 Å². The van der Waals surface area contributed by atoms with Crippen LogP contribution in [-0.4, -0.2) is 31.3 Å². The van der Waals surface area contributed by atoms with Gasteiger partial charge < -0.3 is 19.9 Å². The summed E-state index contributed by atoms with van der Waals surface area (Å²) in [6.07, 6.45) is -1.03. The molecule has 0 unspecified atom stereocenters. The molecule has 1 aliphatic heterocycles. The van der Waals surface area contributed by atoms with Crippen molar-refractivity contribution >= 4 is 11.6 Å². The molecule has 0 fully saturated rings. The summed E-state index contributed by atoms with van der Waals surface area (Å²) < 4.78 is 10.4. The molecule has 0 spiro atoms. The summed E-state index contributed by atoms with van der Waals surface area (Å²) >= 11 is 0. The molecule has 1 aliphatic rings. The number of fused-ring (bicyclic) bond motifs is 1. The van der Waals surface area contributed by atoms with Gasteiger partial charge in [0.05, 0.1) is 7.11 Å². The first-order valence-corrected chi connectivity index (χ1v) is 6.91. The fraction of sp³-hybridized carbons (Fsp3) is 0.235. The normalized spacial score (nSPS) is 23.6. The van der Waals surface area contributed by atoms with E-state index in [4.69, 9.17) is 9.47 Å². The summed E-state index contributed by atoms with van der Waals surface area (Å²) in [6, 6.07) is 14.1. The summed E-state index contributed by atoms with van der Waals surface area (Å²) in [7, 11) is 2.98. The molecule has 2 aromatic carbocycles. The zero-order valence-electron chi connectivity index (χ0n) is 12.4. The van der Waals surface area contributed by atoms with Gasteiger partial charge in [0.15, 0.2) is 11.7 Å². The fourth-order valence-electron chi connectivity index (χ4n) is 2.88. The van der Waals surface area contributed by atoms with Crippen molar-refractivity contribution in [3.8, 4) is 5.75 Å². The van der Waals surface area contributed by atoms with Crippen LogP contribution in [0.1, 0.15) is 11.1 Å². The summed E-state index contributed by atoms with van der Waals surface area (Å²) in [5.74, 6) is 0.300. The second-order valence-electron chi connectivity index (χ2n) is 5.15. The second kappa shape index (κ2) is 5.44. The van der Waals surface area contributed by atoms with Crippen LogP contribution in [0.2, 0.25) is 0 Å². The van der Waals surface area contributed by atoms with Crippen molar-refractivity contribution in [2.75, 3.05) is 19.5 Å². The van der Waals surface area contributed by atoms with Crippen molar-refractivity contribution in [2.24, 2.45) is 0 Å². The van der Waals surface area contributed by atoms with E-state index in [-0.39, 0.29) is 5.91 Å². The number of hydrogen-bond acceptors (Lipinski definition) is 4. The van der Waals surface area contributed by atoms with Crippen LogP contribution in [0.15, 0.2) is 48.5 Å². The maximum absolute atomic E-state index is 12.3. The predicted molar refractivity (Wildman–Crippen MR) is 81.9 cm³/mol. The third-order valence-electron chi connectivity index (χ3n) is 3.98. The predicted octanol–water partition coefficient (Wildman–Crippen LogP) is 1.90. The Morgan fingerprint density at radius 3 is 2.41 bits per heavy atom. The average Bonchev–Trinajstić information content (AvgIpc) is 2.55. The molecular formula is C17H17NO4. The smallest absolute Gasteiger partial charge is 0.257 e. The number of carbonyl (C=O) groups is 1. The number of nitrogens with one attached hydrogen (secondary N) is 1. The highest BCUT2D eigenvalue weighted by Crippen LogP contribution is 2.42. The van der Waals surface area contributed by atoms with Gasteiger partial charge in [-0.1, -0.05) is 30.3 Å². The van der Waals surface area contributed by atoms with Crippen molar-refractivity contribution in [1.29, 1.82) is 0 Å². The van der Waals surface area contributed by atoms with E-state index >= 15 is 0 Å². The topological polar surface area (TPSA) is 67.8 Å². The van der Waals surface area contributed by atoms with Gasteiger partial charge in [0, 0.05) is 18.4 Å². The number of carbonyl (C=O) groups excluding carboxylic acids is 1. The zero-order valence-corrected chi connectivity index (χ0v) is 12.4. The highest BCUT2D eigenvalue weighted by Gasteiger charge is 2.49. The summed E-state index contributed by atoms with van der Waals surface area (Å²) in [4.78, 5) is 12.3. The lowest BCUT2D eigenvalue weighted by atomic mass is 9.78. The van der Waals surface area contributed by atoms with Crippen LogP contribution in [0, 0.1) is 0 Å². The van der Waals surface area contributed by atoms with Gasteiger partial charge >= 0.3 is 0 Å². The molecule has 0 bridgehead atoms. The minimum absolute atomic E-state index is 0.375. The third-order valence-corrected chi connectivity index (χ3v) is 3.98. The molecule has 5 heteroatoms. The minimum Gasteiger partial charge on any atom is -0.497 e. The van der Waals surface area contributed by atoms with Gasteiger partial charge in [-0.15, -0.1) is 0 Å². The molecule has 114 valence electrons. The molecule has 2 aromatic rings. The van der Waals surface area contributed by atoms with Crippen LogP contribution >= 0.6 is 0 Å². The Hall–Kier alpha value is -2.37. The van der Waals surface area contributed by atoms with Gasteiger partial charge in [-0.05, 0) is 23.8 Å². The highest BCUT2D eigenvalue weighted by atomic mass is 16.5. The number of amides is 1. The Balaban J connectivity index is 2.20. The fourth-order valence-corrected chi connectivity index (χ4v) is 2.88. The van der Waals surface area contributed by atoms with Crippen molar-refractivity contribution < 1.29 is 19.4 Å².